The fourth-order valence-corrected chi connectivity index (χ4v) is 3.92. The van der Waals surface area contributed by atoms with Crippen LogP contribution in [0.25, 0.3) is 0 Å². The molecule has 0 atom stereocenters. The Morgan fingerprint density at radius 3 is 2.19 bits per heavy atom. The number of hydrogen-bond donors (Lipinski definition) is 0. The van der Waals surface area contributed by atoms with Crippen LogP contribution in [0.2, 0.25) is 0 Å². The van der Waals surface area contributed by atoms with Gasteiger partial charge < -0.3 is 14.7 Å². The van der Waals surface area contributed by atoms with Crippen LogP contribution in [0.3, 0.4) is 0 Å². The maximum Gasteiger partial charge on any atom is 0.417 e. The van der Waals surface area contributed by atoms with Gasteiger partial charge in [0.15, 0.2) is 0 Å². The summed E-state index contributed by atoms with van der Waals surface area (Å²) < 4.78 is 38.1. The van der Waals surface area contributed by atoms with Gasteiger partial charge in [0, 0.05) is 56.6 Å². The molecule has 2 amide bonds. The highest BCUT2D eigenvalue weighted by Gasteiger charge is 2.31. The van der Waals surface area contributed by atoms with Crippen LogP contribution in [-0.4, -0.2) is 54.4 Å². The molecule has 0 N–H and O–H groups in total. The number of piperazine rings is 1. The molecule has 0 bridgehead atoms. The summed E-state index contributed by atoms with van der Waals surface area (Å²) in [4.78, 5) is 34.2. The Hall–Kier alpha value is -3.10. The van der Waals surface area contributed by atoms with E-state index < -0.39 is 11.7 Å². The zero-order valence-electron chi connectivity index (χ0n) is 16.9. The van der Waals surface area contributed by atoms with Gasteiger partial charge in [-0.15, -0.1) is 0 Å². The van der Waals surface area contributed by atoms with Gasteiger partial charge in [-0.05, 0) is 49.2 Å². The van der Waals surface area contributed by atoms with Crippen molar-refractivity contribution in [1.29, 1.82) is 0 Å². The molecule has 2 aliphatic heterocycles. The van der Waals surface area contributed by atoms with Gasteiger partial charge >= 0.3 is 6.18 Å². The smallest absolute Gasteiger partial charge is 0.353 e. The molecular formula is C22H23F3N4O2. The third-order valence-corrected chi connectivity index (χ3v) is 5.72. The van der Waals surface area contributed by atoms with Gasteiger partial charge in [0.1, 0.15) is 5.82 Å². The molecule has 31 heavy (non-hydrogen) atoms. The highest BCUT2D eigenvalue weighted by atomic mass is 19.4. The first-order chi connectivity index (χ1) is 14.8. The molecule has 0 unspecified atom stereocenters. The van der Waals surface area contributed by atoms with Gasteiger partial charge in [-0.1, -0.05) is 0 Å². The number of alkyl halides is 3. The van der Waals surface area contributed by atoms with E-state index in [1.165, 1.54) is 6.07 Å². The number of piperidine rings is 1. The van der Waals surface area contributed by atoms with Crippen molar-refractivity contribution in [2.45, 2.75) is 25.4 Å². The van der Waals surface area contributed by atoms with Crippen LogP contribution >= 0.6 is 0 Å². The van der Waals surface area contributed by atoms with E-state index in [1.807, 2.05) is 4.90 Å². The van der Waals surface area contributed by atoms with Gasteiger partial charge in [-0.25, -0.2) is 4.98 Å². The molecule has 2 saturated heterocycles. The van der Waals surface area contributed by atoms with Gasteiger partial charge in [0.25, 0.3) is 5.91 Å². The monoisotopic (exact) mass is 432 g/mol. The van der Waals surface area contributed by atoms with Crippen LogP contribution in [0, 0.1) is 0 Å². The number of carbonyl (C=O) groups is 2. The van der Waals surface area contributed by atoms with Gasteiger partial charge in [-0.2, -0.15) is 13.2 Å². The van der Waals surface area contributed by atoms with Crippen LogP contribution in [0.4, 0.5) is 24.7 Å². The van der Waals surface area contributed by atoms with Crippen molar-refractivity contribution in [1.82, 2.24) is 9.88 Å². The number of rotatable bonds is 3. The Kier molecular flexibility index (Phi) is 5.84. The van der Waals surface area contributed by atoms with Crippen LogP contribution in [0.1, 0.15) is 35.2 Å². The van der Waals surface area contributed by atoms with Crippen molar-refractivity contribution >= 4 is 23.3 Å². The lowest BCUT2D eigenvalue weighted by atomic mass is 10.1. The molecule has 0 spiro atoms. The lowest BCUT2D eigenvalue weighted by Gasteiger charge is -2.35. The van der Waals surface area contributed by atoms with Crippen molar-refractivity contribution < 1.29 is 22.8 Å². The maximum atomic E-state index is 12.8. The van der Waals surface area contributed by atoms with E-state index in [4.69, 9.17) is 0 Å². The minimum atomic E-state index is -4.41. The quantitative estimate of drug-likeness (QED) is 0.744. The van der Waals surface area contributed by atoms with Crippen molar-refractivity contribution in [2.24, 2.45) is 0 Å². The summed E-state index contributed by atoms with van der Waals surface area (Å²) in [6.07, 6.45) is -1.13. The second-order valence-electron chi connectivity index (χ2n) is 7.73. The predicted molar refractivity (Wildman–Crippen MR) is 110 cm³/mol. The van der Waals surface area contributed by atoms with Crippen molar-refractivity contribution in [3.8, 4) is 0 Å². The van der Waals surface area contributed by atoms with Crippen LogP contribution in [0.5, 0.6) is 0 Å². The molecule has 3 heterocycles. The van der Waals surface area contributed by atoms with Crippen LogP contribution < -0.4 is 9.80 Å². The number of halogens is 3. The van der Waals surface area contributed by atoms with Gasteiger partial charge in [0.2, 0.25) is 5.91 Å². The molecule has 2 fully saturated rings. The van der Waals surface area contributed by atoms with E-state index in [9.17, 15) is 22.8 Å². The number of anilines is 2. The first-order valence-electron chi connectivity index (χ1n) is 10.3. The van der Waals surface area contributed by atoms with E-state index in [0.29, 0.717) is 50.5 Å². The molecule has 0 radical (unpaired) electrons. The first-order valence-corrected chi connectivity index (χ1v) is 10.3. The van der Waals surface area contributed by atoms with Crippen LogP contribution in [-0.2, 0) is 11.0 Å². The van der Waals surface area contributed by atoms with Crippen molar-refractivity contribution in [3.05, 3.63) is 53.7 Å². The van der Waals surface area contributed by atoms with Gasteiger partial charge in [-0.3, -0.25) is 9.59 Å². The molecular weight excluding hydrogens is 409 g/mol. The molecule has 0 aliphatic carbocycles. The minimum absolute atomic E-state index is 0.100. The first kappa shape index (κ1) is 21.1. The third kappa shape index (κ3) is 4.65. The molecule has 9 heteroatoms. The summed E-state index contributed by atoms with van der Waals surface area (Å²) in [6.45, 7) is 2.59. The van der Waals surface area contributed by atoms with E-state index in [1.54, 1.807) is 34.1 Å². The average molecular weight is 432 g/mol. The Morgan fingerprint density at radius 1 is 0.903 bits per heavy atom. The Morgan fingerprint density at radius 2 is 1.61 bits per heavy atom. The van der Waals surface area contributed by atoms with Crippen LogP contribution in [0.15, 0.2) is 42.6 Å². The second kappa shape index (κ2) is 8.56. The van der Waals surface area contributed by atoms with E-state index in [2.05, 4.69) is 4.98 Å². The Balaban J connectivity index is 1.35. The molecule has 2 aromatic rings. The number of carbonyl (C=O) groups excluding carboxylic acids is 2. The number of benzene rings is 1. The Bertz CT molecular complexity index is 937. The largest absolute Gasteiger partial charge is 0.417 e. The van der Waals surface area contributed by atoms with Crippen molar-refractivity contribution in [3.63, 3.8) is 0 Å². The summed E-state index contributed by atoms with van der Waals surface area (Å²) in [5, 5.41) is 0. The van der Waals surface area contributed by atoms with Crippen molar-refractivity contribution in [2.75, 3.05) is 42.5 Å². The highest BCUT2D eigenvalue weighted by molar-refractivity contribution is 5.97. The fourth-order valence-electron chi connectivity index (χ4n) is 3.92. The number of aromatic nitrogens is 1. The number of amides is 2. The summed E-state index contributed by atoms with van der Waals surface area (Å²) in [6, 6.07) is 9.47. The molecule has 1 aromatic heterocycles. The summed E-state index contributed by atoms with van der Waals surface area (Å²) >= 11 is 0. The predicted octanol–water partition coefficient (Wildman–Crippen LogP) is 3.58. The topological polar surface area (TPSA) is 56.8 Å². The lowest BCUT2D eigenvalue weighted by molar-refractivity contribution is -0.137. The maximum absolute atomic E-state index is 12.8. The molecule has 164 valence electrons. The average Bonchev–Trinajstić information content (AvgIpc) is 2.79. The number of pyridine rings is 1. The molecule has 6 nitrogen and oxygen atoms in total. The fraction of sp³-hybridized carbons (Fsp3) is 0.409. The number of hydrogen-bond acceptors (Lipinski definition) is 4. The minimum Gasteiger partial charge on any atom is -0.353 e. The molecule has 2 aliphatic rings. The Labute approximate surface area is 178 Å². The SMILES string of the molecule is O=C(c1ccc(N2CCCCC2=O)cc1)N1CCN(c2ccc(C(F)(F)F)cn2)CC1. The zero-order chi connectivity index (χ0) is 22.0. The summed E-state index contributed by atoms with van der Waals surface area (Å²) in [7, 11) is 0. The molecule has 0 saturated carbocycles. The van der Waals surface area contributed by atoms with Gasteiger partial charge in [0.05, 0.1) is 5.56 Å². The molecule has 4 rings (SSSR count). The normalized spacial score (nSPS) is 17.8. The highest BCUT2D eigenvalue weighted by Crippen LogP contribution is 2.29. The van der Waals surface area contributed by atoms with E-state index >= 15 is 0 Å². The third-order valence-electron chi connectivity index (χ3n) is 5.72. The van der Waals surface area contributed by atoms with E-state index in [-0.39, 0.29) is 11.8 Å². The van der Waals surface area contributed by atoms with E-state index in [0.717, 1.165) is 30.8 Å². The second-order valence-corrected chi connectivity index (χ2v) is 7.73. The summed E-state index contributed by atoms with van der Waals surface area (Å²) in [5.41, 5.74) is 0.577. The summed E-state index contributed by atoms with van der Waals surface area (Å²) in [5.74, 6) is 0.477. The number of nitrogens with zero attached hydrogens (tertiary/aromatic N) is 4. The standard InChI is InChI=1S/C22H23F3N4O2/c23-22(24,25)17-6-9-19(26-15-17)27-11-13-28(14-12-27)21(31)16-4-7-18(8-5-16)29-10-2-1-3-20(29)30/h4-9,15H,1-3,10-14H2. The lowest BCUT2D eigenvalue weighted by Crippen LogP contribution is -2.49. The molecule has 1 aromatic carbocycles. The zero-order valence-corrected chi connectivity index (χ0v) is 16.9.